The highest BCUT2D eigenvalue weighted by Crippen LogP contribution is 2.28. The van der Waals surface area contributed by atoms with Crippen molar-refractivity contribution in [3.63, 3.8) is 0 Å². The minimum atomic E-state index is -2.66. The molecule has 0 atom stereocenters. The van der Waals surface area contributed by atoms with E-state index in [9.17, 15) is 13.6 Å². The van der Waals surface area contributed by atoms with Crippen molar-refractivity contribution in [2.75, 3.05) is 18.4 Å². The van der Waals surface area contributed by atoms with E-state index in [1.807, 2.05) is 0 Å². The van der Waals surface area contributed by atoms with E-state index in [-0.39, 0.29) is 32.0 Å². The number of urea groups is 1. The number of carbonyl (C=O) groups is 1. The number of nitrogens with one attached hydrogen (secondary N) is 2. The van der Waals surface area contributed by atoms with Gasteiger partial charge in [-0.2, -0.15) is 15.4 Å². The monoisotopic (exact) mass is 281 g/mol. The van der Waals surface area contributed by atoms with E-state index < -0.39 is 5.92 Å². The molecule has 1 aromatic carbocycles. The Morgan fingerprint density at radius 3 is 2.70 bits per heavy atom. The van der Waals surface area contributed by atoms with Gasteiger partial charge in [0.1, 0.15) is 11.0 Å². The normalized spacial score (nSPS) is 18.2. The number of benzene rings is 1. The van der Waals surface area contributed by atoms with Gasteiger partial charge in [0.25, 0.3) is 5.92 Å². The molecule has 2 amide bonds. The summed E-state index contributed by atoms with van der Waals surface area (Å²) in [5.74, 6) is -2.66. The van der Waals surface area contributed by atoms with E-state index in [1.165, 1.54) is 4.90 Å². The molecule has 0 radical (unpaired) electrons. The van der Waals surface area contributed by atoms with Gasteiger partial charge in [-0.15, -0.1) is 0 Å². The van der Waals surface area contributed by atoms with Crippen LogP contribution < -0.4 is 5.32 Å². The van der Waals surface area contributed by atoms with Crippen molar-refractivity contribution in [3.05, 3.63) is 18.2 Å². The van der Waals surface area contributed by atoms with Crippen LogP contribution in [0.25, 0.3) is 11.0 Å². The van der Waals surface area contributed by atoms with Gasteiger partial charge >= 0.3 is 6.03 Å². The van der Waals surface area contributed by atoms with Crippen molar-refractivity contribution in [1.82, 2.24) is 20.3 Å². The molecule has 2 heterocycles. The van der Waals surface area contributed by atoms with Gasteiger partial charge in [-0.05, 0) is 18.2 Å². The molecule has 0 unspecified atom stereocenters. The molecular weight excluding hydrogens is 268 g/mol. The zero-order valence-corrected chi connectivity index (χ0v) is 10.6. The summed E-state index contributed by atoms with van der Waals surface area (Å²) in [5.41, 5.74) is 1.89. The number of alkyl halides is 2. The number of carbonyl (C=O) groups excluding carboxylic acids is 1. The quantitative estimate of drug-likeness (QED) is 0.841. The predicted octanol–water partition coefficient (Wildman–Crippen LogP) is 2.22. The molecule has 0 aliphatic carbocycles. The Kier molecular flexibility index (Phi) is 3.00. The Bertz CT molecular complexity index is 632. The summed E-state index contributed by atoms with van der Waals surface area (Å²) >= 11 is 0. The number of piperidine rings is 1. The molecule has 6 nitrogen and oxygen atoms in total. The van der Waals surface area contributed by atoms with Crippen LogP contribution in [0.4, 0.5) is 19.3 Å². The highest BCUT2D eigenvalue weighted by Gasteiger charge is 2.35. The number of hydrogen-bond acceptors (Lipinski definition) is 3. The molecule has 0 spiro atoms. The first-order valence-corrected chi connectivity index (χ1v) is 6.28. The van der Waals surface area contributed by atoms with Gasteiger partial charge in [0, 0.05) is 31.6 Å². The van der Waals surface area contributed by atoms with Gasteiger partial charge in [0.15, 0.2) is 0 Å². The van der Waals surface area contributed by atoms with Gasteiger partial charge in [0.2, 0.25) is 0 Å². The molecule has 0 bridgehead atoms. The number of amides is 2. The van der Waals surface area contributed by atoms with E-state index in [4.69, 9.17) is 0 Å². The van der Waals surface area contributed by atoms with Crippen LogP contribution in [0, 0.1) is 0 Å². The fourth-order valence-corrected chi connectivity index (χ4v) is 2.16. The number of anilines is 1. The lowest BCUT2D eigenvalue weighted by molar-refractivity contribution is -0.0461. The van der Waals surface area contributed by atoms with Crippen LogP contribution in [-0.4, -0.2) is 45.4 Å². The molecule has 1 aromatic heterocycles. The van der Waals surface area contributed by atoms with Gasteiger partial charge in [-0.25, -0.2) is 13.6 Å². The zero-order valence-electron chi connectivity index (χ0n) is 10.6. The number of fused-ring (bicyclic) bond motifs is 1. The second-order valence-corrected chi connectivity index (χ2v) is 4.80. The average molecular weight is 281 g/mol. The molecule has 8 heteroatoms. The minimum Gasteiger partial charge on any atom is -0.324 e. The maximum Gasteiger partial charge on any atom is 0.321 e. The van der Waals surface area contributed by atoms with E-state index in [2.05, 4.69) is 20.7 Å². The van der Waals surface area contributed by atoms with Gasteiger partial charge in [0.05, 0.1) is 0 Å². The smallest absolute Gasteiger partial charge is 0.321 e. The number of nitrogens with zero attached hydrogens (tertiary/aromatic N) is 3. The number of rotatable bonds is 1. The third kappa shape index (κ3) is 2.54. The summed E-state index contributed by atoms with van der Waals surface area (Å²) in [7, 11) is 0. The zero-order chi connectivity index (χ0) is 14.2. The summed E-state index contributed by atoms with van der Waals surface area (Å²) in [6.45, 7) is 0.121. The minimum absolute atomic E-state index is 0.0606. The fraction of sp³-hybridized carbons (Fsp3) is 0.417. The summed E-state index contributed by atoms with van der Waals surface area (Å²) in [4.78, 5) is 13.4. The highest BCUT2D eigenvalue weighted by molar-refractivity contribution is 5.91. The second kappa shape index (κ2) is 4.69. The number of aromatic nitrogens is 3. The lowest BCUT2D eigenvalue weighted by atomic mass is 10.1. The van der Waals surface area contributed by atoms with Crippen LogP contribution in [0.2, 0.25) is 0 Å². The Morgan fingerprint density at radius 1 is 1.25 bits per heavy atom. The van der Waals surface area contributed by atoms with Crippen molar-refractivity contribution < 1.29 is 13.6 Å². The summed E-state index contributed by atoms with van der Waals surface area (Å²) in [5, 5.41) is 13.0. The first kappa shape index (κ1) is 12.8. The van der Waals surface area contributed by atoms with Gasteiger partial charge in [-0.3, -0.25) is 0 Å². The molecule has 20 heavy (non-hydrogen) atoms. The number of aromatic amines is 1. The topological polar surface area (TPSA) is 73.9 Å². The maximum atomic E-state index is 13.0. The van der Waals surface area contributed by atoms with E-state index in [1.54, 1.807) is 18.2 Å². The van der Waals surface area contributed by atoms with Crippen molar-refractivity contribution in [3.8, 4) is 0 Å². The molecule has 1 saturated heterocycles. The molecule has 2 N–H and O–H groups in total. The molecule has 0 saturated carbocycles. The second-order valence-electron chi connectivity index (χ2n) is 4.80. The highest BCUT2D eigenvalue weighted by atomic mass is 19.3. The first-order chi connectivity index (χ1) is 9.53. The molecule has 1 aliphatic heterocycles. The third-order valence-electron chi connectivity index (χ3n) is 3.35. The van der Waals surface area contributed by atoms with Crippen LogP contribution in [-0.2, 0) is 0 Å². The number of H-pyrrole nitrogens is 1. The largest absolute Gasteiger partial charge is 0.324 e. The lowest BCUT2D eigenvalue weighted by Crippen LogP contribution is -2.44. The van der Waals surface area contributed by atoms with Crippen molar-refractivity contribution in [2.24, 2.45) is 0 Å². The number of likely N-dealkylation sites (tertiary alicyclic amines) is 1. The van der Waals surface area contributed by atoms with Crippen LogP contribution in [0.3, 0.4) is 0 Å². The Labute approximate surface area is 113 Å². The number of halogens is 2. The van der Waals surface area contributed by atoms with Crippen LogP contribution >= 0.6 is 0 Å². The molecule has 1 aliphatic rings. The Hall–Kier alpha value is -2.25. The SMILES string of the molecule is O=C(Nc1ccc2n[nH]nc2c1)N1CCC(F)(F)CC1. The molecule has 3 rings (SSSR count). The van der Waals surface area contributed by atoms with Crippen LogP contribution in [0.1, 0.15) is 12.8 Å². The van der Waals surface area contributed by atoms with E-state index in [0.29, 0.717) is 16.7 Å². The summed E-state index contributed by atoms with van der Waals surface area (Å²) in [6.07, 6.45) is -0.578. The van der Waals surface area contributed by atoms with E-state index >= 15 is 0 Å². The first-order valence-electron chi connectivity index (χ1n) is 6.28. The van der Waals surface area contributed by atoms with Gasteiger partial charge in [-0.1, -0.05) is 0 Å². The third-order valence-corrected chi connectivity index (χ3v) is 3.35. The number of hydrogen-bond donors (Lipinski definition) is 2. The Morgan fingerprint density at radius 2 is 1.95 bits per heavy atom. The van der Waals surface area contributed by atoms with Crippen LogP contribution in [0.5, 0.6) is 0 Å². The van der Waals surface area contributed by atoms with Crippen molar-refractivity contribution in [2.45, 2.75) is 18.8 Å². The Balaban J connectivity index is 1.66. The average Bonchev–Trinajstić information content (AvgIpc) is 2.86. The van der Waals surface area contributed by atoms with Crippen molar-refractivity contribution in [1.29, 1.82) is 0 Å². The lowest BCUT2D eigenvalue weighted by Gasteiger charge is -2.31. The maximum absolute atomic E-state index is 13.0. The standard InChI is InChI=1S/C12H13F2N5O/c13-12(14)3-5-19(6-4-12)11(20)15-8-1-2-9-10(7-8)17-18-16-9/h1-2,7H,3-6H2,(H,15,20)(H,16,17,18). The molecule has 2 aromatic rings. The van der Waals surface area contributed by atoms with E-state index in [0.717, 1.165) is 0 Å². The molecule has 1 fully saturated rings. The fourth-order valence-electron chi connectivity index (χ4n) is 2.16. The molecular formula is C12H13F2N5O. The molecule has 106 valence electrons. The predicted molar refractivity (Wildman–Crippen MR) is 68.7 cm³/mol. The van der Waals surface area contributed by atoms with Gasteiger partial charge < -0.3 is 10.2 Å². The van der Waals surface area contributed by atoms with Crippen LogP contribution in [0.15, 0.2) is 18.2 Å². The summed E-state index contributed by atoms with van der Waals surface area (Å²) < 4.78 is 26.1. The van der Waals surface area contributed by atoms with Crippen molar-refractivity contribution >= 4 is 22.8 Å². The summed E-state index contributed by atoms with van der Waals surface area (Å²) in [6, 6.07) is 4.72.